The van der Waals surface area contributed by atoms with Gasteiger partial charge in [0, 0.05) is 0 Å². The third kappa shape index (κ3) is 4.61. The molecule has 0 spiro atoms. The topological polar surface area (TPSA) is 88.4 Å². The van der Waals surface area contributed by atoms with E-state index in [0.29, 0.717) is 11.3 Å². The predicted octanol–water partition coefficient (Wildman–Crippen LogP) is 1.72. The number of benzene rings is 2. The van der Waals surface area contributed by atoms with E-state index in [1.807, 2.05) is 0 Å². The Bertz CT molecular complexity index is 546. The van der Waals surface area contributed by atoms with Gasteiger partial charge < -0.3 is 0 Å². The van der Waals surface area contributed by atoms with Crippen LogP contribution < -0.4 is 4.89 Å². The molecule has 0 radical (unpaired) electrons. The van der Waals surface area contributed by atoms with Gasteiger partial charge in [0.05, 0.1) is 0 Å². The van der Waals surface area contributed by atoms with Gasteiger partial charge in [0.2, 0.25) is 0 Å². The summed E-state index contributed by atoms with van der Waals surface area (Å²) in [7, 11) is 0. The molecule has 0 heterocycles. The normalized spacial score (nSPS) is 11.3. The van der Waals surface area contributed by atoms with Crippen molar-refractivity contribution in [3.05, 3.63) is 60.2 Å². The van der Waals surface area contributed by atoms with Gasteiger partial charge in [0.1, 0.15) is 0 Å². The first-order valence-corrected chi connectivity index (χ1v) is 8.50. The van der Waals surface area contributed by atoms with Crippen molar-refractivity contribution < 1.29 is 42.3 Å². The van der Waals surface area contributed by atoms with Crippen molar-refractivity contribution in [2.75, 3.05) is 0 Å². The van der Waals surface area contributed by atoms with Gasteiger partial charge in [-0.3, -0.25) is 0 Å². The molecule has 6 nitrogen and oxygen atoms in total. The molecule has 0 unspecified atom stereocenters. The average Bonchev–Trinajstić information content (AvgIpc) is 2.46. The Morgan fingerprint density at radius 3 is 2.25 bits per heavy atom. The molecule has 0 bridgehead atoms. The summed E-state index contributed by atoms with van der Waals surface area (Å²) in [6, 6.07) is 14.8. The van der Waals surface area contributed by atoms with Gasteiger partial charge in [0.25, 0.3) is 0 Å². The maximum absolute atomic E-state index is 9.62. The molecule has 0 fully saturated rings. The van der Waals surface area contributed by atoms with Crippen LogP contribution >= 0.6 is 0 Å². The number of hydrogen-bond acceptors (Lipinski definition) is 6. The fourth-order valence-corrected chi connectivity index (χ4v) is 2.34. The molecule has 0 amide bonds. The number of aromatic hydroxyl groups is 1. The SMILES string of the molecule is Oc1ccccc1C[O][Ti]([OH])([OH])[O]Oc1ccccc1. The van der Waals surface area contributed by atoms with Gasteiger partial charge in [-0.15, -0.1) is 0 Å². The van der Waals surface area contributed by atoms with E-state index < -0.39 is 18.1 Å². The molecule has 0 aromatic heterocycles. The fraction of sp³-hybridized carbons (Fsp3) is 0.0769. The van der Waals surface area contributed by atoms with Gasteiger partial charge in [-0.05, 0) is 0 Å². The van der Waals surface area contributed by atoms with Crippen molar-refractivity contribution in [3.8, 4) is 11.5 Å². The fourth-order valence-electron chi connectivity index (χ4n) is 1.41. The van der Waals surface area contributed by atoms with Crippen LogP contribution in [0.3, 0.4) is 0 Å². The van der Waals surface area contributed by atoms with E-state index in [0.717, 1.165) is 0 Å². The Morgan fingerprint density at radius 2 is 1.55 bits per heavy atom. The minimum absolute atomic E-state index is 0.00896. The van der Waals surface area contributed by atoms with Gasteiger partial charge in [-0.1, -0.05) is 0 Å². The number of phenolic OH excluding ortho intramolecular Hbond substituents is 1. The number of phenols is 1. The van der Waals surface area contributed by atoms with Crippen LogP contribution in [-0.2, 0) is 31.5 Å². The second-order valence-electron chi connectivity index (χ2n) is 3.95. The molecule has 2 aromatic rings. The van der Waals surface area contributed by atoms with E-state index in [2.05, 4.69) is 3.47 Å². The minimum atomic E-state index is -4.95. The maximum atomic E-state index is 9.62. The molecule has 0 aliphatic heterocycles. The molecule has 20 heavy (non-hydrogen) atoms. The van der Waals surface area contributed by atoms with Crippen LogP contribution in [-0.4, -0.2) is 12.5 Å². The van der Waals surface area contributed by atoms with Crippen molar-refractivity contribution in [2.45, 2.75) is 6.61 Å². The van der Waals surface area contributed by atoms with Crippen molar-refractivity contribution in [3.63, 3.8) is 0 Å². The van der Waals surface area contributed by atoms with E-state index in [9.17, 15) is 12.5 Å². The van der Waals surface area contributed by atoms with E-state index in [-0.39, 0.29) is 12.4 Å². The molecule has 7 heteroatoms. The van der Waals surface area contributed by atoms with Gasteiger partial charge in [-0.2, -0.15) is 0 Å². The number of para-hydroxylation sites is 2. The molecule has 2 rings (SSSR count). The summed E-state index contributed by atoms with van der Waals surface area (Å²) in [5, 5.41) is 9.52. The third-order valence-corrected chi connectivity index (χ3v) is 3.68. The van der Waals surface area contributed by atoms with Crippen LogP contribution in [0, 0.1) is 0 Å². The van der Waals surface area contributed by atoms with Crippen molar-refractivity contribution in [1.82, 2.24) is 0 Å². The van der Waals surface area contributed by atoms with E-state index in [1.54, 1.807) is 48.5 Å². The van der Waals surface area contributed by atoms with Crippen LogP contribution in [0.5, 0.6) is 11.5 Å². The molecule has 0 aliphatic carbocycles. The number of rotatable bonds is 6. The van der Waals surface area contributed by atoms with Crippen LogP contribution in [0.25, 0.3) is 0 Å². The van der Waals surface area contributed by atoms with Crippen LogP contribution in [0.1, 0.15) is 5.56 Å². The molecular formula is C13H14O6Ti. The third-order valence-electron chi connectivity index (χ3n) is 2.40. The summed E-state index contributed by atoms with van der Waals surface area (Å²) in [6.07, 6.45) is 0. The van der Waals surface area contributed by atoms with E-state index >= 15 is 0 Å². The zero-order valence-electron chi connectivity index (χ0n) is 10.5. The van der Waals surface area contributed by atoms with Crippen molar-refractivity contribution in [2.24, 2.45) is 0 Å². The zero-order valence-corrected chi connectivity index (χ0v) is 12.0. The summed E-state index contributed by atoms with van der Waals surface area (Å²) in [5.74, 6) is 0.339. The molecule has 0 aliphatic rings. The Labute approximate surface area is 121 Å². The van der Waals surface area contributed by atoms with Gasteiger partial charge in [-0.25, -0.2) is 0 Å². The Kier molecular flexibility index (Phi) is 5.14. The van der Waals surface area contributed by atoms with Gasteiger partial charge >= 0.3 is 121 Å². The first-order valence-electron chi connectivity index (χ1n) is 5.83. The van der Waals surface area contributed by atoms with E-state index in [1.165, 1.54) is 6.07 Å². The second kappa shape index (κ2) is 6.85. The van der Waals surface area contributed by atoms with Crippen LogP contribution in [0.15, 0.2) is 54.6 Å². The quantitative estimate of drug-likeness (QED) is 0.427. The number of hydrogen-bond donors (Lipinski definition) is 3. The standard InChI is InChI=1S/C7H7O2.C6H6O2.2H2O.Ti/c8-5-6-3-1-2-4-7(6)9;7-8-6-4-2-1-3-5-6;;;/h1-4,9H,5H2;1-5,7H;2*1H2;/q-1;;;;+4/p-3. The monoisotopic (exact) mass is 314 g/mol. The van der Waals surface area contributed by atoms with Crippen LogP contribution in [0.4, 0.5) is 0 Å². The Balaban J connectivity index is 1.86. The predicted molar refractivity (Wildman–Crippen MR) is 65.5 cm³/mol. The van der Waals surface area contributed by atoms with Crippen molar-refractivity contribution >= 4 is 0 Å². The summed E-state index contributed by atoms with van der Waals surface area (Å²) < 4.78 is 28.7. The first kappa shape index (κ1) is 15.0. The van der Waals surface area contributed by atoms with Gasteiger partial charge in [0.15, 0.2) is 0 Å². The molecule has 2 aromatic carbocycles. The summed E-state index contributed by atoms with van der Waals surface area (Å²) in [4.78, 5) is 4.79. The molecule has 0 saturated carbocycles. The van der Waals surface area contributed by atoms with Crippen molar-refractivity contribution in [1.29, 1.82) is 0 Å². The first-order chi connectivity index (χ1) is 9.57. The summed E-state index contributed by atoms with van der Waals surface area (Å²) >= 11 is -4.95. The Hall–Kier alpha value is -1.41. The second-order valence-corrected chi connectivity index (χ2v) is 6.37. The summed E-state index contributed by atoms with van der Waals surface area (Å²) in [6.45, 7) is -0.183. The molecule has 0 saturated heterocycles. The molecular weight excluding hydrogens is 300 g/mol. The Morgan fingerprint density at radius 1 is 0.900 bits per heavy atom. The average molecular weight is 314 g/mol. The molecule has 0 atom stereocenters. The molecule has 3 N–H and O–H groups in total. The molecule has 106 valence electrons. The van der Waals surface area contributed by atoms with Crippen LogP contribution in [0.2, 0.25) is 0 Å². The zero-order chi connectivity index (χ0) is 14.4. The van der Waals surface area contributed by atoms with E-state index in [4.69, 9.17) is 8.21 Å². The summed E-state index contributed by atoms with van der Waals surface area (Å²) in [5.41, 5.74) is 0.425.